The predicted octanol–water partition coefficient (Wildman–Crippen LogP) is 2.75. The smallest absolute Gasteiger partial charge is 0.325 e. The summed E-state index contributed by atoms with van der Waals surface area (Å²) in [6.45, 7) is 0. The number of halogens is 2. The Labute approximate surface area is 147 Å². The predicted molar refractivity (Wildman–Crippen MR) is 92.9 cm³/mol. The molecular formula is C19H15F2N3O2. The molecule has 0 aliphatic carbocycles. The number of rotatable bonds is 2. The van der Waals surface area contributed by atoms with E-state index in [-0.39, 0.29) is 11.6 Å². The number of benzene rings is 2. The molecule has 1 aromatic heterocycles. The van der Waals surface area contributed by atoms with Gasteiger partial charge in [-0.25, -0.2) is 13.6 Å². The molecule has 1 aliphatic heterocycles. The number of aromatic nitrogens is 2. The second-order valence-electron chi connectivity index (χ2n) is 6.30. The average molecular weight is 355 g/mol. The summed E-state index contributed by atoms with van der Waals surface area (Å²) in [7, 11) is 3.15. The minimum atomic E-state index is -0.834. The first kappa shape index (κ1) is 16.3. The van der Waals surface area contributed by atoms with E-state index in [1.807, 2.05) is 0 Å². The minimum Gasteiger partial charge on any atom is -0.325 e. The van der Waals surface area contributed by atoms with Crippen LogP contribution in [0, 0.1) is 11.6 Å². The van der Waals surface area contributed by atoms with Gasteiger partial charge in [-0.1, -0.05) is 0 Å². The molecule has 0 fully saturated rings. The average Bonchev–Trinajstić information content (AvgIpc) is 3.04. The van der Waals surface area contributed by atoms with Gasteiger partial charge in [-0.2, -0.15) is 0 Å². The molecule has 0 saturated carbocycles. The topological polar surface area (TPSA) is 56.0 Å². The Bertz CT molecular complexity index is 1100. The number of nitrogens with zero attached hydrogens (tertiary/aromatic N) is 2. The first-order chi connectivity index (χ1) is 12.4. The lowest BCUT2D eigenvalue weighted by Crippen LogP contribution is -2.23. The number of nitrogens with one attached hydrogen (secondary N) is 1. The summed E-state index contributed by atoms with van der Waals surface area (Å²) in [6.07, 6.45) is 0. The van der Waals surface area contributed by atoms with Crippen LogP contribution in [0.15, 0.2) is 47.3 Å². The van der Waals surface area contributed by atoms with Crippen molar-refractivity contribution < 1.29 is 13.6 Å². The van der Waals surface area contributed by atoms with E-state index in [2.05, 4.69) is 5.32 Å². The zero-order valence-electron chi connectivity index (χ0n) is 14.1. The number of imidazole rings is 1. The monoisotopic (exact) mass is 355 g/mol. The molecule has 132 valence electrons. The van der Waals surface area contributed by atoms with E-state index < -0.39 is 17.6 Å². The summed E-state index contributed by atoms with van der Waals surface area (Å²) < 4.78 is 29.9. The molecule has 4 rings (SSSR count). The lowest BCUT2D eigenvalue weighted by Gasteiger charge is -2.14. The molecule has 2 aromatic carbocycles. The van der Waals surface area contributed by atoms with Crippen LogP contribution in [0.25, 0.3) is 11.3 Å². The Kier molecular flexibility index (Phi) is 3.54. The zero-order chi connectivity index (χ0) is 18.6. The fraction of sp³-hybridized carbons (Fsp3) is 0.158. The van der Waals surface area contributed by atoms with E-state index in [1.165, 1.54) is 39.5 Å². The van der Waals surface area contributed by atoms with Gasteiger partial charge in [0.15, 0.2) is 0 Å². The van der Waals surface area contributed by atoms with Crippen molar-refractivity contribution in [2.45, 2.75) is 5.92 Å². The fourth-order valence-electron chi connectivity index (χ4n) is 3.54. The fourth-order valence-corrected chi connectivity index (χ4v) is 3.54. The van der Waals surface area contributed by atoms with Crippen LogP contribution in [0.2, 0.25) is 0 Å². The van der Waals surface area contributed by atoms with Gasteiger partial charge in [0.05, 0.1) is 11.4 Å². The van der Waals surface area contributed by atoms with E-state index in [4.69, 9.17) is 0 Å². The van der Waals surface area contributed by atoms with Gasteiger partial charge in [-0.3, -0.25) is 13.9 Å². The summed E-state index contributed by atoms with van der Waals surface area (Å²) in [6, 6.07) is 9.75. The molecule has 0 radical (unpaired) electrons. The first-order valence-electron chi connectivity index (χ1n) is 8.00. The Morgan fingerprint density at radius 2 is 1.58 bits per heavy atom. The molecule has 2 heterocycles. The minimum absolute atomic E-state index is 0.322. The van der Waals surface area contributed by atoms with Crippen LogP contribution in [0.1, 0.15) is 17.2 Å². The normalized spacial score (nSPS) is 15.8. The van der Waals surface area contributed by atoms with E-state index in [9.17, 15) is 18.4 Å². The van der Waals surface area contributed by atoms with Crippen LogP contribution in [-0.2, 0) is 18.9 Å². The Morgan fingerprint density at radius 3 is 2.27 bits per heavy atom. The van der Waals surface area contributed by atoms with Gasteiger partial charge in [-0.05, 0) is 48.0 Å². The maximum Gasteiger partial charge on any atom is 0.328 e. The number of anilines is 1. The molecule has 5 nitrogen and oxygen atoms in total. The van der Waals surface area contributed by atoms with Gasteiger partial charge < -0.3 is 5.32 Å². The molecule has 1 amide bonds. The van der Waals surface area contributed by atoms with E-state index in [0.29, 0.717) is 28.2 Å². The van der Waals surface area contributed by atoms with Gasteiger partial charge in [0.1, 0.15) is 17.6 Å². The SMILES string of the molecule is Cn1c(-c2ccc(F)cc2)c(C2C(=O)Nc3ccc(F)cc32)n(C)c1=O. The van der Waals surface area contributed by atoms with E-state index in [0.717, 1.165) is 0 Å². The largest absolute Gasteiger partial charge is 0.328 e. The lowest BCUT2D eigenvalue weighted by atomic mass is 9.93. The highest BCUT2D eigenvalue weighted by molar-refractivity contribution is 6.05. The number of amides is 1. The maximum absolute atomic E-state index is 13.8. The highest BCUT2D eigenvalue weighted by Crippen LogP contribution is 2.40. The van der Waals surface area contributed by atoms with Crippen LogP contribution in [0.4, 0.5) is 14.5 Å². The number of hydrogen-bond acceptors (Lipinski definition) is 2. The molecule has 26 heavy (non-hydrogen) atoms. The molecule has 0 bridgehead atoms. The van der Waals surface area contributed by atoms with Crippen LogP contribution in [0.5, 0.6) is 0 Å². The van der Waals surface area contributed by atoms with Gasteiger partial charge >= 0.3 is 5.69 Å². The zero-order valence-corrected chi connectivity index (χ0v) is 14.1. The Morgan fingerprint density at radius 1 is 0.923 bits per heavy atom. The Balaban J connectivity index is 2.00. The van der Waals surface area contributed by atoms with Crippen molar-refractivity contribution in [1.29, 1.82) is 0 Å². The third kappa shape index (κ3) is 2.28. The molecule has 0 spiro atoms. The summed E-state index contributed by atoms with van der Waals surface area (Å²) in [5.74, 6) is -2.04. The first-order valence-corrected chi connectivity index (χ1v) is 8.00. The summed E-state index contributed by atoms with van der Waals surface area (Å²) in [5.41, 5.74) is 2.19. The molecule has 1 N–H and O–H groups in total. The summed E-state index contributed by atoms with van der Waals surface area (Å²) in [4.78, 5) is 25.2. The second kappa shape index (κ2) is 5.66. The molecule has 7 heteroatoms. The number of hydrogen-bond donors (Lipinski definition) is 1. The molecule has 0 saturated heterocycles. The quantitative estimate of drug-likeness (QED) is 0.769. The van der Waals surface area contributed by atoms with Gasteiger partial charge in [-0.15, -0.1) is 0 Å². The van der Waals surface area contributed by atoms with Crippen LogP contribution in [0.3, 0.4) is 0 Å². The van der Waals surface area contributed by atoms with Crippen molar-refractivity contribution in [3.05, 3.63) is 75.8 Å². The third-order valence-corrected chi connectivity index (χ3v) is 4.75. The van der Waals surface area contributed by atoms with Crippen molar-refractivity contribution in [3.63, 3.8) is 0 Å². The van der Waals surface area contributed by atoms with Crippen molar-refractivity contribution in [2.24, 2.45) is 14.1 Å². The molecular weight excluding hydrogens is 340 g/mol. The standard InChI is InChI=1S/C19H15F2N3O2/c1-23-16(10-3-5-11(20)6-4-10)17(24(2)19(23)26)15-13-9-12(21)7-8-14(13)22-18(15)25/h3-9,15H,1-2H3,(H,22,25). The second-order valence-corrected chi connectivity index (χ2v) is 6.30. The molecule has 1 atom stereocenters. The highest BCUT2D eigenvalue weighted by atomic mass is 19.1. The molecule has 1 aliphatic rings. The number of fused-ring (bicyclic) bond motifs is 1. The van der Waals surface area contributed by atoms with Crippen molar-refractivity contribution >= 4 is 11.6 Å². The third-order valence-electron chi connectivity index (χ3n) is 4.75. The van der Waals surface area contributed by atoms with Crippen LogP contribution >= 0.6 is 0 Å². The molecule has 1 unspecified atom stereocenters. The number of carbonyl (C=O) groups excluding carboxylic acids is 1. The lowest BCUT2D eigenvalue weighted by molar-refractivity contribution is -0.116. The van der Waals surface area contributed by atoms with Crippen LogP contribution < -0.4 is 11.0 Å². The van der Waals surface area contributed by atoms with Gasteiger partial charge in [0.2, 0.25) is 5.91 Å². The van der Waals surface area contributed by atoms with Crippen molar-refractivity contribution in [3.8, 4) is 11.3 Å². The molecule has 3 aromatic rings. The maximum atomic E-state index is 13.8. The number of carbonyl (C=O) groups is 1. The van der Waals surface area contributed by atoms with Crippen molar-refractivity contribution in [1.82, 2.24) is 9.13 Å². The summed E-state index contributed by atoms with van der Waals surface area (Å²) in [5, 5.41) is 2.73. The van der Waals surface area contributed by atoms with Crippen molar-refractivity contribution in [2.75, 3.05) is 5.32 Å². The summed E-state index contributed by atoms with van der Waals surface area (Å²) >= 11 is 0. The van der Waals surface area contributed by atoms with Gasteiger partial charge in [0, 0.05) is 25.3 Å². The van der Waals surface area contributed by atoms with Gasteiger partial charge in [0.25, 0.3) is 0 Å². The highest BCUT2D eigenvalue weighted by Gasteiger charge is 2.37. The van der Waals surface area contributed by atoms with E-state index in [1.54, 1.807) is 26.2 Å². The van der Waals surface area contributed by atoms with E-state index >= 15 is 0 Å². The van der Waals surface area contributed by atoms with Crippen LogP contribution in [-0.4, -0.2) is 15.0 Å². The Hall–Kier alpha value is -3.22.